The summed E-state index contributed by atoms with van der Waals surface area (Å²) in [5, 5.41) is 0. The Morgan fingerprint density at radius 1 is 1.45 bits per heavy atom. The quantitative estimate of drug-likeness (QED) is 0.868. The van der Waals surface area contributed by atoms with Gasteiger partial charge in [-0.3, -0.25) is 9.78 Å². The molecular formula is C17H26N2O3. The largest absolute Gasteiger partial charge is 0.460 e. The van der Waals surface area contributed by atoms with E-state index in [9.17, 15) is 4.79 Å². The highest BCUT2D eigenvalue weighted by Crippen LogP contribution is 2.38. The molecule has 1 fully saturated rings. The van der Waals surface area contributed by atoms with Crippen molar-refractivity contribution in [1.82, 2.24) is 4.98 Å². The normalized spacial score (nSPS) is 25.7. The zero-order valence-electron chi connectivity index (χ0n) is 13.8. The minimum absolute atomic E-state index is 0.0841. The molecule has 3 atom stereocenters. The molecule has 0 spiro atoms. The molecule has 0 saturated carbocycles. The first kappa shape index (κ1) is 16.7. The van der Waals surface area contributed by atoms with Crippen molar-refractivity contribution in [2.75, 3.05) is 5.73 Å². The summed E-state index contributed by atoms with van der Waals surface area (Å²) in [5.74, 6) is 0.101. The van der Waals surface area contributed by atoms with Crippen molar-refractivity contribution in [3.63, 3.8) is 0 Å². The molecule has 122 valence electrons. The Kier molecular flexibility index (Phi) is 5.06. The van der Waals surface area contributed by atoms with E-state index in [1.807, 2.05) is 33.8 Å². The number of nitrogens with zero attached hydrogens (tertiary/aromatic N) is 1. The maximum atomic E-state index is 12.0. The van der Waals surface area contributed by atoms with Gasteiger partial charge >= 0.3 is 5.97 Å². The Morgan fingerprint density at radius 3 is 2.82 bits per heavy atom. The van der Waals surface area contributed by atoms with Gasteiger partial charge in [0.15, 0.2) is 0 Å². The van der Waals surface area contributed by atoms with Gasteiger partial charge in [-0.25, -0.2) is 0 Å². The van der Waals surface area contributed by atoms with E-state index in [0.29, 0.717) is 12.1 Å². The molecule has 5 nitrogen and oxygen atoms in total. The zero-order valence-corrected chi connectivity index (χ0v) is 13.8. The number of anilines is 1. The smallest absolute Gasteiger partial charge is 0.306 e. The second-order valence-electron chi connectivity index (χ2n) is 7.07. The van der Waals surface area contributed by atoms with Crippen LogP contribution < -0.4 is 5.73 Å². The topological polar surface area (TPSA) is 74.4 Å². The third-order valence-corrected chi connectivity index (χ3v) is 3.72. The molecule has 1 aliphatic heterocycles. The van der Waals surface area contributed by atoms with E-state index in [-0.39, 0.29) is 24.1 Å². The van der Waals surface area contributed by atoms with Crippen molar-refractivity contribution >= 4 is 11.7 Å². The molecule has 0 bridgehead atoms. The first-order valence-corrected chi connectivity index (χ1v) is 7.81. The van der Waals surface area contributed by atoms with Crippen LogP contribution in [0.3, 0.4) is 0 Å². The van der Waals surface area contributed by atoms with E-state index in [1.54, 1.807) is 12.4 Å². The Bertz CT molecular complexity index is 525. The Morgan fingerprint density at radius 2 is 2.18 bits per heavy atom. The van der Waals surface area contributed by atoms with Crippen LogP contribution in [0.2, 0.25) is 0 Å². The van der Waals surface area contributed by atoms with Gasteiger partial charge in [-0.2, -0.15) is 0 Å². The molecule has 22 heavy (non-hydrogen) atoms. The lowest BCUT2D eigenvalue weighted by atomic mass is 9.87. The van der Waals surface area contributed by atoms with Gasteiger partial charge in [-0.15, -0.1) is 0 Å². The van der Waals surface area contributed by atoms with Crippen LogP contribution >= 0.6 is 0 Å². The standard InChI is InChI=1S/C17H26N2O3/c1-11-7-12(9-16(20)22-17(2,3)4)8-15(21-11)13-5-6-19-10-14(13)18/h5-6,10-12,15H,7-9,18H2,1-4H3/t11-,12+,15-/m1/s1. The lowest BCUT2D eigenvalue weighted by Crippen LogP contribution is -2.30. The Labute approximate surface area is 132 Å². The highest BCUT2D eigenvalue weighted by molar-refractivity contribution is 5.70. The number of aromatic nitrogens is 1. The number of rotatable bonds is 3. The molecular weight excluding hydrogens is 280 g/mol. The van der Waals surface area contributed by atoms with E-state index < -0.39 is 5.60 Å². The Hall–Kier alpha value is -1.62. The predicted octanol–water partition coefficient (Wildman–Crippen LogP) is 3.25. The lowest BCUT2D eigenvalue weighted by molar-refractivity contribution is -0.158. The van der Waals surface area contributed by atoms with Crippen LogP contribution in [0.25, 0.3) is 0 Å². The molecule has 0 aromatic carbocycles. The van der Waals surface area contributed by atoms with Crippen LogP contribution in [0.15, 0.2) is 18.5 Å². The summed E-state index contributed by atoms with van der Waals surface area (Å²) in [5.41, 5.74) is 7.14. The van der Waals surface area contributed by atoms with Crippen molar-refractivity contribution < 1.29 is 14.3 Å². The maximum Gasteiger partial charge on any atom is 0.306 e. The molecule has 0 radical (unpaired) electrons. The van der Waals surface area contributed by atoms with Crippen molar-refractivity contribution in [3.05, 3.63) is 24.0 Å². The fourth-order valence-corrected chi connectivity index (χ4v) is 2.96. The molecule has 1 aliphatic rings. The summed E-state index contributed by atoms with van der Waals surface area (Å²) in [6.45, 7) is 7.69. The Balaban J connectivity index is 2.02. The maximum absolute atomic E-state index is 12.0. The number of hydrogen-bond acceptors (Lipinski definition) is 5. The molecule has 2 heterocycles. The van der Waals surface area contributed by atoms with Crippen molar-refractivity contribution in [2.24, 2.45) is 5.92 Å². The summed E-state index contributed by atoms with van der Waals surface area (Å²) in [7, 11) is 0. The van der Waals surface area contributed by atoms with Crippen molar-refractivity contribution in [1.29, 1.82) is 0 Å². The molecule has 0 amide bonds. The van der Waals surface area contributed by atoms with Gasteiger partial charge in [0, 0.05) is 18.2 Å². The summed E-state index contributed by atoms with van der Waals surface area (Å²) < 4.78 is 11.4. The number of esters is 1. The van der Waals surface area contributed by atoms with Crippen LogP contribution in [0.5, 0.6) is 0 Å². The minimum Gasteiger partial charge on any atom is -0.460 e. The van der Waals surface area contributed by atoms with Crippen molar-refractivity contribution in [2.45, 2.75) is 64.8 Å². The lowest BCUT2D eigenvalue weighted by Gasteiger charge is -2.34. The molecule has 2 N–H and O–H groups in total. The van der Waals surface area contributed by atoms with Crippen LogP contribution in [-0.4, -0.2) is 22.7 Å². The van der Waals surface area contributed by atoms with Crippen LogP contribution in [0, 0.1) is 5.92 Å². The van der Waals surface area contributed by atoms with Crippen molar-refractivity contribution in [3.8, 4) is 0 Å². The van der Waals surface area contributed by atoms with Gasteiger partial charge in [-0.1, -0.05) is 0 Å². The first-order chi connectivity index (χ1) is 10.2. The summed E-state index contributed by atoms with van der Waals surface area (Å²) >= 11 is 0. The summed E-state index contributed by atoms with van der Waals surface area (Å²) in [4.78, 5) is 16.1. The minimum atomic E-state index is -0.442. The van der Waals surface area contributed by atoms with Gasteiger partial charge in [0.25, 0.3) is 0 Å². The molecule has 0 unspecified atom stereocenters. The monoisotopic (exact) mass is 306 g/mol. The number of nitrogen functional groups attached to an aromatic ring is 1. The van der Waals surface area contributed by atoms with E-state index in [2.05, 4.69) is 4.98 Å². The zero-order chi connectivity index (χ0) is 16.3. The van der Waals surface area contributed by atoms with Gasteiger partial charge in [-0.05, 0) is 52.5 Å². The number of carbonyl (C=O) groups is 1. The van der Waals surface area contributed by atoms with Crippen LogP contribution in [-0.2, 0) is 14.3 Å². The number of nitrogens with two attached hydrogens (primary N) is 1. The molecule has 0 aliphatic carbocycles. The predicted molar refractivity (Wildman–Crippen MR) is 85.1 cm³/mol. The average molecular weight is 306 g/mol. The van der Waals surface area contributed by atoms with Gasteiger partial charge in [0.05, 0.1) is 24.1 Å². The second kappa shape index (κ2) is 6.65. The van der Waals surface area contributed by atoms with E-state index >= 15 is 0 Å². The highest BCUT2D eigenvalue weighted by atomic mass is 16.6. The fourth-order valence-electron chi connectivity index (χ4n) is 2.96. The fraction of sp³-hybridized carbons (Fsp3) is 0.647. The van der Waals surface area contributed by atoms with Crippen LogP contribution in [0.1, 0.15) is 58.6 Å². The summed E-state index contributed by atoms with van der Waals surface area (Å²) in [6, 6.07) is 1.89. The SMILES string of the molecule is C[C@@H]1C[C@H](CC(=O)OC(C)(C)C)C[C@H](c2ccncc2N)O1. The molecule has 1 aromatic heterocycles. The van der Waals surface area contributed by atoms with E-state index in [0.717, 1.165) is 18.4 Å². The van der Waals surface area contributed by atoms with Crippen LogP contribution in [0.4, 0.5) is 5.69 Å². The first-order valence-electron chi connectivity index (χ1n) is 7.81. The number of carbonyl (C=O) groups excluding carboxylic acids is 1. The molecule has 2 rings (SSSR count). The molecule has 1 saturated heterocycles. The van der Waals surface area contributed by atoms with Gasteiger partial charge < -0.3 is 15.2 Å². The number of hydrogen-bond donors (Lipinski definition) is 1. The second-order valence-corrected chi connectivity index (χ2v) is 7.07. The molecule has 5 heteroatoms. The molecule has 1 aromatic rings. The van der Waals surface area contributed by atoms with E-state index in [1.165, 1.54) is 0 Å². The third-order valence-electron chi connectivity index (χ3n) is 3.72. The van der Waals surface area contributed by atoms with E-state index in [4.69, 9.17) is 15.2 Å². The van der Waals surface area contributed by atoms with Gasteiger partial charge in [0.1, 0.15) is 5.60 Å². The third kappa shape index (κ3) is 4.70. The summed E-state index contributed by atoms with van der Waals surface area (Å²) in [6.07, 6.45) is 5.43. The average Bonchev–Trinajstić information content (AvgIpc) is 2.35. The number of pyridine rings is 1. The van der Waals surface area contributed by atoms with Gasteiger partial charge in [0.2, 0.25) is 0 Å². The number of ether oxygens (including phenoxy) is 2. The highest BCUT2D eigenvalue weighted by Gasteiger charge is 2.31.